The second-order valence-corrected chi connectivity index (χ2v) is 5.55. The molecule has 2 aromatic carbocycles. The molecule has 1 heterocycles. The number of fused-ring (bicyclic) bond motifs is 1. The molecule has 0 unspecified atom stereocenters. The number of aryl methyl sites for hydroxylation is 1. The van der Waals surface area contributed by atoms with Crippen molar-refractivity contribution in [1.29, 1.82) is 0 Å². The summed E-state index contributed by atoms with van der Waals surface area (Å²) in [6, 6.07) is 18.8. The van der Waals surface area contributed by atoms with Crippen molar-refractivity contribution in [2.75, 3.05) is 0 Å². The maximum Gasteiger partial charge on any atom is 0.268 e. The van der Waals surface area contributed by atoms with Crippen LogP contribution >= 0.6 is 0 Å². The molecule has 0 saturated carbocycles. The zero-order valence-corrected chi connectivity index (χ0v) is 12.9. The normalized spacial score (nSPS) is 12.0. The van der Waals surface area contributed by atoms with Crippen molar-refractivity contribution < 1.29 is 9.59 Å². The Morgan fingerprint density at radius 3 is 2.52 bits per heavy atom. The lowest BCUT2D eigenvalue weighted by Gasteiger charge is -2.13. The number of carbonyl (C=O) groups excluding carboxylic acids is 2. The molecule has 0 aliphatic heterocycles. The number of amides is 1. The van der Waals surface area contributed by atoms with Gasteiger partial charge in [0.05, 0.1) is 6.04 Å². The van der Waals surface area contributed by atoms with Crippen molar-refractivity contribution in [3.05, 3.63) is 71.9 Å². The first-order chi connectivity index (χ1) is 11.2. The van der Waals surface area contributed by atoms with E-state index < -0.39 is 6.04 Å². The summed E-state index contributed by atoms with van der Waals surface area (Å²) in [5, 5.41) is 3.81. The van der Waals surface area contributed by atoms with Gasteiger partial charge in [-0.3, -0.25) is 4.79 Å². The van der Waals surface area contributed by atoms with E-state index in [-0.39, 0.29) is 5.91 Å². The van der Waals surface area contributed by atoms with Gasteiger partial charge in [0.15, 0.2) is 0 Å². The first kappa shape index (κ1) is 15.0. The predicted octanol–water partition coefficient (Wildman–Crippen LogP) is 2.72. The molecule has 0 aliphatic carbocycles. The summed E-state index contributed by atoms with van der Waals surface area (Å²) < 4.78 is 1.84. The van der Waals surface area contributed by atoms with Gasteiger partial charge < -0.3 is 14.7 Å². The van der Waals surface area contributed by atoms with Crippen molar-refractivity contribution in [2.24, 2.45) is 7.05 Å². The second-order valence-electron chi connectivity index (χ2n) is 5.55. The molecule has 0 radical (unpaired) electrons. The highest BCUT2D eigenvalue weighted by molar-refractivity contribution is 5.99. The van der Waals surface area contributed by atoms with Crippen LogP contribution in [0.5, 0.6) is 0 Å². The highest BCUT2D eigenvalue weighted by Crippen LogP contribution is 2.18. The van der Waals surface area contributed by atoms with E-state index >= 15 is 0 Å². The lowest BCUT2D eigenvalue weighted by molar-refractivity contribution is -0.109. The number of aldehydes is 1. The van der Waals surface area contributed by atoms with E-state index in [9.17, 15) is 9.59 Å². The maximum absolute atomic E-state index is 12.5. The van der Waals surface area contributed by atoms with Gasteiger partial charge in [0.25, 0.3) is 5.91 Å². The van der Waals surface area contributed by atoms with Crippen LogP contribution in [0.3, 0.4) is 0 Å². The summed E-state index contributed by atoms with van der Waals surface area (Å²) in [5.41, 5.74) is 2.55. The fourth-order valence-corrected chi connectivity index (χ4v) is 2.75. The Morgan fingerprint density at radius 2 is 1.83 bits per heavy atom. The number of rotatable bonds is 5. The fourth-order valence-electron chi connectivity index (χ4n) is 2.75. The van der Waals surface area contributed by atoms with E-state index in [1.807, 2.05) is 72.3 Å². The van der Waals surface area contributed by atoms with Crippen molar-refractivity contribution in [3.8, 4) is 0 Å². The molecule has 3 aromatic rings. The molecular formula is C19H18N2O2. The largest absolute Gasteiger partial charge is 0.341 e. The molecule has 4 nitrogen and oxygen atoms in total. The third-order valence-corrected chi connectivity index (χ3v) is 3.96. The molecule has 0 spiro atoms. The predicted molar refractivity (Wildman–Crippen MR) is 90.4 cm³/mol. The number of nitrogens with zero attached hydrogens (tertiary/aromatic N) is 1. The van der Waals surface area contributed by atoms with Gasteiger partial charge in [-0.25, -0.2) is 0 Å². The maximum atomic E-state index is 12.5. The molecule has 0 aliphatic rings. The van der Waals surface area contributed by atoms with Gasteiger partial charge in [0, 0.05) is 18.0 Å². The number of carbonyl (C=O) groups is 2. The minimum Gasteiger partial charge on any atom is -0.341 e. The van der Waals surface area contributed by atoms with Crippen LogP contribution in [0.2, 0.25) is 0 Å². The Kier molecular flexibility index (Phi) is 4.24. The summed E-state index contributed by atoms with van der Waals surface area (Å²) in [6.07, 6.45) is 1.27. The molecule has 1 N–H and O–H groups in total. The zero-order valence-electron chi connectivity index (χ0n) is 12.9. The number of hydrogen-bond acceptors (Lipinski definition) is 2. The van der Waals surface area contributed by atoms with Gasteiger partial charge in [-0.2, -0.15) is 0 Å². The highest BCUT2D eigenvalue weighted by atomic mass is 16.2. The highest BCUT2D eigenvalue weighted by Gasteiger charge is 2.17. The summed E-state index contributed by atoms with van der Waals surface area (Å²) in [6.45, 7) is 0. The first-order valence-electron chi connectivity index (χ1n) is 7.53. The summed E-state index contributed by atoms with van der Waals surface area (Å²) in [7, 11) is 1.85. The van der Waals surface area contributed by atoms with Gasteiger partial charge in [-0.05, 0) is 24.1 Å². The quantitative estimate of drug-likeness (QED) is 0.737. The van der Waals surface area contributed by atoms with E-state index in [0.717, 1.165) is 22.8 Å². The minimum absolute atomic E-state index is 0.239. The van der Waals surface area contributed by atoms with Crippen LogP contribution in [0.1, 0.15) is 16.1 Å². The van der Waals surface area contributed by atoms with Gasteiger partial charge in [-0.15, -0.1) is 0 Å². The monoisotopic (exact) mass is 306 g/mol. The summed E-state index contributed by atoms with van der Waals surface area (Å²) >= 11 is 0. The third kappa shape index (κ3) is 3.16. The van der Waals surface area contributed by atoms with E-state index in [2.05, 4.69) is 5.32 Å². The summed E-state index contributed by atoms with van der Waals surface area (Å²) in [5.74, 6) is -0.239. The van der Waals surface area contributed by atoms with Crippen molar-refractivity contribution >= 4 is 23.1 Å². The van der Waals surface area contributed by atoms with Crippen molar-refractivity contribution in [3.63, 3.8) is 0 Å². The molecule has 1 aromatic heterocycles. The van der Waals surface area contributed by atoms with Crippen LogP contribution in [0.15, 0.2) is 60.7 Å². The van der Waals surface area contributed by atoms with E-state index in [1.54, 1.807) is 0 Å². The van der Waals surface area contributed by atoms with Crippen LogP contribution in [0.25, 0.3) is 10.9 Å². The molecular weight excluding hydrogens is 288 g/mol. The minimum atomic E-state index is -0.539. The topological polar surface area (TPSA) is 51.1 Å². The standard InChI is InChI=1S/C19H18N2O2/c1-21-17-10-6-5-9-15(17)12-18(21)19(23)20-16(13-22)11-14-7-3-2-4-8-14/h2-10,12-13,16H,11H2,1H3,(H,20,23)/t16-/m0/s1. The van der Waals surface area contributed by atoms with Gasteiger partial charge in [-0.1, -0.05) is 48.5 Å². The van der Waals surface area contributed by atoms with Gasteiger partial charge in [0.1, 0.15) is 12.0 Å². The van der Waals surface area contributed by atoms with E-state index in [4.69, 9.17) is 0 Å². The summed E-state index contributed by atoms with van der Waals surface area (Å²) in [4.78, 5) is 23.8. The molecule has 0 saturated heterocycles. The Labute approximate surface area is 134 Å². The van der Waals surface area contributed by atoms with Crippen LogP contribution < -0.4 is 5.32 Å². The lowest BCUT2D eigenvalue weighted by atomic mass is 10.1. The van der Waals surface area contributed by atoms with Crippen LogP contribution in [0.4, 0.5) is 0 Å². The first-order valence-corrected chi connectivity index (χ1v) is 7.53. The molecule has 3 rings (SSSR count). The molecule has 116 valence electrons. The molecule has 1 atom stereocenters. The third-order valence-electron chi connectivity index (χ3n) is 3.96. The molecule has 0 fully saturated rings. The van der Waals surface area contributed by atoms with Crippen LogP contribution in [-0.4, -0.2) is 22.8 Å². The van der Waals surface area contributed by atoms with Gasteiger partial charge in [0.2, 0.25) is 0 Å². The SMILES string of the molecule is Cn1c(C(=O)N[C@H](C=O)Cc2ccccc2)cc2ccccc21. The average Bonchev–Trinajstić information content (AvgIpc) is 2.92. The van der Waals surface area contributed by atoms with Crippen LogP contribution in [-0.2, 0) is 18.3 Å². The zero-order chi connectivity index (χ0) is 16.2. The number of hydrogen-bond donors (Lipinski definition) is 1. The number of nitrogens with one attached hydrogen (secondary N) is 1. The van der Waals surface area contributed by atoms with Crippen molar-refractivity contribution in [1.82, 2.24) is 9.88 Å². The Balaban J connectivity index is 1.79. The van der Waals surface area contributed by atoms with E-state index in [0.29, 0.717) is 12.1 Å². The number of benzene rings is 2. The molecule has 1 amide bonds. The van der Waals surface area contributed by atoms with Crippen molar-refractivity contribution in [2.45, 2.75) is 12.5 Å². The van der Waals surface area contributed by atoms with Crippen LogP contribution in [0, 0.1) is 0 Å². The van der Waals surface area contributed by atoms with E-state index in [1.165, 1.54) is 0 Å². The average molecular weight is 306 g/mol. The molecule has 0 bridgehead atoms. The lowest BCUT2D eigenvalue weighted by Crippen LogP contribution is -2.38. The Hall–Kier alpha value is -2.88. The second kappa shape index (κ2) is 6.48. The smallest absolute Gasteiger partial charge is 0.268 e. The Morgan fingerprint density at radius 1 is 1.13 bits per heavy atom. The fraction of sp³-hybridized carbons (Fsp3) is 0.158. The number of para-hydroxylation sites is 1. The van der Waals surface area contributed by atoms with Gasteiger partial charge >= 0.3 is 0 Å². The molecule has 23 heavy (non-hydrogen) atoms. The number of aromatic nitrogens is 1. The molecule has 4 heteroatoms. The Bertz CT molecular complexity index is 837.